The Morgan fingerprint density at radius 1 is 1.24 bits per heavy atom. The molecule has 0 amide bonds. The van der Waals surface area contributed by atoms with Gasteiger partial charge in [0.25, 0.3) is 0 Å². The minimum atomic E-state index is -4.43. The smallest absolute Gasteiger partial charge is 0.422 e. The standard InChI is InChI=1S/C13H10F3N3O2/c1-8(20)11-10(3-2-4-17-11)12-18-5-9(6-19-12)21-7-13(14,15)16/h2-6H,7H2,1H3. The van der Waals surface area contributed by atoms with E-state index in [4.69, 9.17) is 0 Å². The van der Waals surface area contributed by atoms with Gasteiger partial charge in [0.05, 0.1) is 12.4 Å². The monoisotopic (exact) mass is 297 g/mol. The summed E-state index contributed by atoms with van der Waals surface area (Å²) in [5, 5.41) is 0. The zero-order valence-electron chi connectivity index (χ0n) is 10.9. The van der Waals surface area contributed by atoms with E-state index < -0.39 is 12.8 Å². The fourth-order valence-corrected chi connectivity index (χ4v) is 1.56. The number of Topliss-reactive ketones (excluding diaryl/α,β-unsaturated/α-hetero) is 1. The van der Waals surface area contributed by atoms with E-state index in [0.29, 0.717) is 5.56 Å². The van der Waals surface area contributed by atoms with Crippen molar-refractivity contribution in [2.75, 3.05) is 6.61 Å². The molecule has 2 rings (SSSR count). The highest BCUT2D eigenvalue weighted by atomic mass is 19.4. The summed E-state index contributed by atoms with van der Waals surface area (Å²) in [7, 11) is 0. The van der Waals surface area contributed by atoms with Crippen LogP contribution in [0.1, 0.15) is 17.4 Å². The lowest BCUT2D eigenvalue weighted by Crippen LogP contribution is -2.19. The van der Waals surface area contributed by atoms with Gasteiger partial charge < -0.3 is 4.74 Å². The molecule has 0 aliphatic heterocycles. The van der Waals surface area contributed by atoms with Crippen LogP contribution in [0.2, 0.25) is 0 Å². The van der Waals surface area contributed by atoms with Crippen molar-refractivity contribution in [3.8, 4) is 17.1 Å². The Morgan fingerprint density at radius 3 is 2.48 bits per heavy atom. The first-order valence-corrected chi connectivity index (χ1v) is 5.85. The van der Waals surface area contributed by atoms with Crippen LogP contribution in [0.25, 0.3) is 11.4 Å². The number of carbonyl (C=O) groups is 1. The van der Waals surface area contributed by atoms with Gasteiger partial charge in [-0.25, -0.2) is 9.97 Å². The van der Waals surface area contributed by atoms with Gasteiger partial charge in [-0.05, 0) is 12.1 Å². The normalized spacial score (nSPS) is 11.2. The molecule has 0 saturated heterocycles. The molecule has 5 nitrogen and oxygen atoms in total. The highest BCUT2D eigenvalue weighted by molar-refractivity contribution is 5.97. The minimum Gasteiger partial charge on any atom is -0.481 e. The average Bonchev–Trinajstić information content (AvgIpc) is 2.45. The zero-order chi connectivity index (χ0) is 15.5. The number of rotatable bonds is 4. The van der Waals surface area contributed by atoms with Crippen LogP contribution in [-0.4, -0.2) is 33.5 Å². The topological polar surface area (TPSA) is 65.0 Å². The molecule has 0 saturated carbocycles. The van der Waals surface area contributed by atoms with Gasteiger partial charge in [0, 0.05) is 18.7 Å². The van der Waals surface area contributed by atoms with Crippen molar-refractivity contribution >= 4 is 5.78 Å². The number of pyridine rings is 1. The fraction of sp³-hybridized carbons (Fsp3) is 0.231. The van der Waals surface area contributed by atoms with Gasteiger partial charge in [0.1, 0.15) is 5.69 Å². The van der Waals surface area contributed by atoms with Crippen molar-refractivity contribution in [3.05, 3.63) is 36.4 Å². The average molecular weight is 297 g/mol. The Kier molecular flexibility index (Phi) is 4.15. The molecule has 0 spiro atoms. The molecule has 0 fully saturated rings. The second kappa shape index (κ2) is 5.86. The molecule has 110 valence electrons. The highest BCUT2D eigenvalue weighted by Gasteiger charge is 2.28. The van der Waals surface area contributed by atoms with Crippen LogP contribution >= 0.6 is 0 Å². The Hall–Kier alpha value is -2.51. The number of ketones is 1. The van der Waals surface area contributed by atoms with Crippen LogP contribution < -0.4 is 4.74 Å². The maximum Gasteiger partial charge on any atom is 0.422 e. The molecule has 0 unspecified atom stereocenters. The second-order valence-corrected chi connectivity index (χ2v) is 4.10. The maximum absolute atomic E-state index is 12.0. The minimum absolute atomic E-state index is 0.107. The van der Waals surface area contributed by atoms with E-state index in [1.165, 1.54) is 13.1 Å². The van der Waals surface area contributed by atoms with E-state index in [-0.39, 0.29) is 23.1 Å². The van der Waals surface area contributed by atoms with Crippen LogP contribution in [0.3, 0.4) is 0 Å². The molecule has 0 atom stereocenters. The van der Waals surface area contributed by atoms with E-state index >= 15 is 0 Å². The van der Waals surface area contributed by atoms with Crippen molar-refractivity contribution in [1.29, 1.82) is 0 Å². The summed E-state index contributed by atoms with van der Waals surface area (Å²) in [6.07, 6.45) is -0.735. The lowest BCUT2D eigenvalue weighted by atomic mass is 10.1. The van der Waals surface area contributed by atoms with E-state index in [0.717, 1.165) is 12.4 Å². The van der Waals surface area contributed by atoms with Gasteiger partial charge in [-0.3, -0.25) is 9.78 Å². The first kappa shape index (κ1) is 14.9. The van der Waals surface area contributed by atoms with Crippen molar-refractivity contribution in [3.63, 3.8) is 0 Å². The molecule has 0 aliphatic carbocycles. The van der Waals surface area contributed by atoms with Gasteiger partial charge in [-0.15, -0.1) is 0 Å². The molecule has 0 N–H and O–H groups in total. The van der Waals surface area contributed by atoms with Gasteiger partial charge in [0.2, 0.25) is 0 Å². The van der Waals surface area contributed by atoms with Gasteiger partial charge in [-0.1, -0.05) is 0 Å². The summed E-state index contributed by atoms with van der Waals surface area (Å²) in [4.78, 5) is 23.2. The Balaban J connectivity index is 2.22. The lowest BCUT2D eigenvalue weighted by molar-refractivity contribution is -0.153. The Morgan fingerprint density at radius 2 is 1.90 bits per heavy atom. The largest absolute Gasteiger partial charge is 0.481 e. The number of hydrogen-bond donors (Lipinski definition) is 0. The predicted octanol–water partition coefficient (Wildman–Crippen LogP) is 2.68. The number of hydrogen-bond acceptors (Lipinski definition) is 5. The molecule has 21 heavy (non-hydrogen) atoms. The Bertz CT molecular complexity index is 642. The van der Waals surface area contributed by atoms with E-state index in [2.05, 4.69) is 19.7 Å². The molecule has 0 aliphatic rings. The summed E-state index contributed by atoms with van der Waals surface area (Å²) in [6, 6.07) is 3.22. The third kappa shape index (κ3) is 3.98. The number of halogens is 3. The third-order valence-corrected chi connectivity index (χ3v) is 2.41. The zero-order valence-corrected chi connectivity index (χ0v) is 10.9. The van der Waals surface area contributed by atoms with Crippen molar-refractivity contribution in [2.24, 2.45) is 0 Å². The number of alkyl halides is 3. The lowest BCUT2D eigenvalue weighted by Gasteiger charge is -2.09. The highest BCUT2D eigenvalue weighted by Crippen LogP contribution is 2.21. The summed E-state index contributed by atoms with van der Waals surface area (Å²) in [5.41, 5.74) is 0.605. The molecule has 0 aromatic carbocycles. The maximum atomic E-state index is 12.0. The summed E-state index contributed by atoms with van der Waals surface area (Å²) in [5.74, 6) is -0.177. The van der Waals surface area contributed by atoms with Crippen LogP contribution in [0.4, 0.5) is 13.2 Å². The molecule has 2 heterocycles. The second-order valence-electron chi connectivity index (χ2n) is 4.10. The van der Waals surface area contributed by atoms with Crippen molar-refractivity contribution in [2.45, 2.75) is 13.1 Å². The summed E-state index contributed by atoms with van der Waals surface area (Å²) in [6.45, 7) is -0.0616. The number of nitrogens with zero attached hydrogens (tertiary/aromatic N) is 3. The first-order valence-electron chi connectivity index (χ1n) is 5.85. The van der Waals surface area contributed by atoms with E-state index in [9.17, 15) is 18.0 Å². The fourth-order valence-electron chi connectivity index (χ4n) is 1.56. The van der Waals surface area contributed by atoms with Crippen LogP contribution in [-0.2, 0) is 0 Å². The molecular formula is C13H10F3N3O2. The van der Waals surface area contributed by atoms with Crippen molar-refractivity contribution < 1.29 is 22.7 Å². The van der Waals surface area contributed by atoms with Crippen LogP contribution in [0.15, 0.2) is 30.7 Å². The molecule has 2 aromatic rings. The third-order valence-electron chi connectivity index (χ3n) is 2.41. The predicted molar refractivity (Wildman–Crippen MR) is 66.8 cm³/mol. The van der Waals surface area contributed by atoms with Gasteiger partial charge in [-0.2, -0.15) is 13.2 Å². The Labute approximate surface area is 117 Å². The summed E-state index contributed by atoms with van der Waals surface area (Å²) < 4.78 is 40.6. The van der Waals surface area contributed by atoms with Crippen molar-refractivity contribution in [1.82, 2.24) is 15.0 Å². The van der Waals surface area contributed by atoms with Crippen LogP contribution in [0.5, 0.6) is 5.75 Å². The first-order chi connectivity index (χ1) is 9.87. The number of carbonyl (C=O) groups excluding carboxylic acids is 1. The quantitative estimate of drug-likeness (QED) is 0.812. The SMILES string of the molecule is CC(=O)c1ncccc1-c1ncc(OCC(F)(F)F)cn1. The van der Waals surface area contributed by atoms with Gasteiger partial charge >= 0.3 is 6.18 Å². The van der Waals surface area contributed by atoms with E-state index in [1.54, 1.807) is 12.1 Å². The molecular weight excluding hydrogens is 287 g/mol. The molecule has 0 radical (unpaired) electrons. The summed E-state index contributed by atoms with van der Waals surface area (Å²) >= 11 is 0. The van der Waals surface area contributed by atoms with E-state index in [1.807, 2.05) is 0 Å². The molecule has 8 heteroatoms. The van der Waals surface area contributed by atoms with Gasteiger partial charge in [0.15, 0.2) is 24.0 Å². The number of ether oxygens (including phenoxy) is 1. The molecule has 2 aromatic heterocycles. The van der Waals surface area contributed by atoms with Crippen LogP contribution in [0, 0.1) is 0 Å². The number of aromatic nitrogens is 3. The molecule has 0 bridgehead atoms.